The van der Waals surface area contributed by atoms with Crippen molar-refractivity contribution in [2.45, 2.75) is 25.8 Å². The van der Waals surface area contributed by atoms with E-state index in [2.05, 4.69) is 10.3 Å². The number of nitro groups is 1. The zero-order chi connectivity index (χ0) is 15.9. The highest BCUT2D eigenvalue weighted by Crippen LogP contribution is 2.25. The Morgan fingerprint density at radius 2 is 2.09 bits per heavy atom. The molecule has 0 saturated carbocycles. The lowest BCUT2D eigenvalue weighted by atomic mass is 10.0. The van der Waals surface area contributed by atoms with Crippen LogP contribution in [0.25, 0.3) is 0 Å². The molecule has 1 aromatic carbocycles. The molecule has 0 aliphatic rings. The van der Waals surface area contributed by atoms with E-state index in [9.17, 15) is 10.1 Å². The minimum Gasteiger partial charge on any atom is -0.396 e. The van der Waals surface area contributed by atoms with Crippen LogP contribution in [0.5, 0.6) is 0 Å². The molecule has 0 radical (unpaired) electrons. The van der Waals surface area contributed by atoms with E-state index in [1.54, 1.807) is 13.0 Å². The Labute approximate surface area is 129 Å². The zero-order valence-electron chi connectivity index (χ0n) is 12.4. The van der Waals surface area contributed by atoms with Gasteiger partial charge in [0.15, 0.2) is 0 Å². The molecule has 6 nitrogen and oxygen atoms in total. The number of hydrogen-bond acceptors (Lipinski definition) is 5. The highest BCUT2D eigenvalue weighted by atomic mass is 16.6. The second-order valence-electron chi connectivity index (χ2n) is 5.09. The predicted octanol–water partition coefficient (Wildman–Crippen LogP) is 3.22. The van der Waals surface area contributed by atoms with Gasteiger partial charge in [-0.2, -0.15) is 0 Å². The van der Waals surface area contributed by atoms with Crippen LogP contribution < -0.4 is 5.32 Å². The van der Waals surface area contributed by atoms with Crippen LogP contribution >= 0.6 is 0 Å². The van der Waals surface area contributed by atoms with Gasteiger partial charge in [0.05, 0.1) is 11.0 Å². The molecule has 1 aromatic heterocycles. The summed E-state index contributed by atoms with van der Waals surface area (Å²) in [7, 11) is 0. The molecule has 2 rings (SSSR count). The van der Waals surface area contributed by atoms with Gasteiger partial charge in [0.2, 0.25) is 0 Å². The second-order valence-corrected chi connectivity index (χ2v) is 5.09. The zero-order valence-corrected chi connectivity index (χ0v) is 12.4. The molecule has 0 saturated heterocycles. The number of aromatic nitrogens is 1. The highest BCUT2D eigenvalue weighted by Gasteiger charge is 2.15. The van der Waals surface area contributed by atoms with Gasteiger partial charge in [-0.1, -0.05) is 30.3 Å². The average Bonchev–Trinajstić information content (AvgIpc) is 2.52. The molecule has 1 heterocycles. The van der Waals surface area contributed by atoms with Gasteiger partial charge in [0.1, 0.15) is 12.0 Å². The lowest BCUT2D eigenvalue weighted by Crippen LogP contribution is -2.12. The maximum Gasteiger partial charge on any atom is 0.290 e. The van der Waals surface area contributed by atoms with Crippen molar-refractivity contribution in [1.29, 1.82) is 0 Å². The molecule has 0 aliphatic heterocycles. The topological polar surface area (TPSA) is 88.3 Å². The van der Waals surface area contributed by atoms with Crippen molar-refractivity contribution in [3.63, 3.8) is 0 Å². The van der Waals surface area contributed by atoms with Crippen molar-refractivity contribution in [3.8, 4) is 0 Å². The first-order valence-corrected chi connectivity index (χ1v) is 7.15. The summed E-state index contributed by atoms with van der Waals surface area (Å²) in [5.74, 6) is 0.592. The summed E-state index contributed by atoms with van der Waals surface area (Å²) < 4.78 is 0. The number of nitrogens with one attached hydrogen (secondary N) is 1. The molecule has 1 unspecified atom stereocenters. The van der Waals surface area contributed by atoms with Crippen LogP contribution in [0.1, 0.15) is 30.0 Å². The molecule has 0 spiro atoms. The Hall–Kier alpha value is -2.47. The maximum atomic E-state index is 10.8. The predicted molar refractivity (Wildman–Crippen MR) is 84.8 cm³/mol. The number of nitrogens with zero attached hydrogens (tertiary/aromatic N) is 2. The number of aryl methyl sites for hydroxylation is 1. The van der Waals surface area contributed by atoms with Crippen molar-refractivity contribution in [3.05, 3.63) is 63.8 Å². The molecule has 1 atom stereocenters. The largest absolute Gasteiger partial charge is 0.396 e. The fraction of sp³-hybridized carbons (Fsp3) is 0.312. The Kier molecular flexibility index (Phi) is 5.43. The molecular weight excluding hydrogens is 282 g/mol. The molecule has 116 valence electrons. The van der Waals surface area contributed by atoms with Crippen LogP contribution in [-0.2, 0) is 0 Å². The summed E-state index contributed by atoms with van der Waals surface area (Å²) in [6.07, 6.45) is 2.68. The summed E-state index contributed by atoms with van der Waals surface area (Å²) in [5, 5.41) is 23.2. The number of anilines is 1. The van der Waals surface area contributed by atoms with Crippen LogP contribution in [-0.4, -0.2) is 21.6 Å². The number of pyridine rings is 1. The fourth-order valence-corrected chi connectivity index (χ4v) is 2.30. The molecule has 2 aromatic rings. The second kappa shape index (κ2) is 7.51. The lowest BCUT2D eigenvalue weighted by molar-refractivity contribution is -0.385. The van der Waals surface area contributed by atoms with Crippen LogP contribution in [0.3, 0.4) is 0 Å². The minimum atomic E-state index is -0.438. The van der Waals surface area contributed by atoms with Crippen molar-refractivity contribution in [2.75, 3.05) is 11.9 Å². The number of rotatable bonds is 7. The van der Waals surface area contributed by atoms with Gasteiger partial charge in [-0.05, 0) is 31.4 Å². The first kappa shape index (κ1) is 15.9. The van der Waals surface area contributed by atoms with E-state index in [-0.39, 0.29) is 18.3 Å². The lowest BCUT2D eigenvalue weighted by Gasteiger charge is -2.19. The number of aliphatic hydroxyl groups is 1. The van der Waals surface area contributed by atoms with Gasteiger partial charge in [-0.3, -0.25) is 10.1 Å². The standard InChI is InChI=1S/C16H19N3O3/c1-12-10-16(17-11-15(12)19(21)22)18-14(8-5-9-20)13-6-3-2-4-7-13/h2-4,6-7,10-11,14,20H,5,8-9H2,1H3,(H,17,18). The van der Waals surface area contributed by atoms with E-state index < -0.39 is 4.92 Å². The highest BCUT2D eigenvalue weighted by molar-refractivity contribution is 5.48. The molecule has 2 N–H and O–H groups in total. The average molecular weight is 301 g/mol. The smallest absolute Gasteiger partial charge is 0.290 e. The van der Waals surface area contributed by atoms with E-state index in [0.717, 1.165) is 12.0 Å². The van der Waals surface area contributed by atoms with E-state index in [1.165, 1.54) is 6.20 Å². The van der Waals surface area contributed by atoms with Crippen molar-refractivity contribution >= 4 is 11.5 Å². The SMILES string of the molecule is Cc1cc(NC(CCCO)c2ccccc2)ncc1[N+](=O)[O-]. The van der Waals surface area contributed by atoms with Crippen LogP contribution in [0, 0.1) is 17.0 Å². The van der Waals surface area contributed by atoms with Gasteiger partial charge in [0, 0.05) is 12.2 Å². The van der Waals surface area contributed by atoms with Gasteiger partial charge in [-0.25, -0.2) is 4.98 Å². The molecule has 0 fully saturated rings. The Bertz CT molecular complexity index is 632. The maximum absolute atomic E-state index is 10.8. The number of benzene rings is 1. The normalized spacial score (nSPS) is 11.9. The minimum absolute atomic E-state index is 0.00158. The molecule has 22 heavy (non-hydrogen) atoms. The Morgan fingerprint density at radius 1 is 1.36 bits per heavy atom. The summed E-state index contributed by atoms with van der Waals surface area (Å²) in [6.45, 7) is 1.81. The first-order valence-electron chi connectivity index (χ1n) is 7.15. The third-order valence-corrected chi connectivity index (χ3v) is 3.45. The summed E-state index contributed by atoms with van der Waals surface area (Å²) in [4.78, 5) is 14.5. The summed E-state index contributed by atoms with van der Waals surface area (Å²) >= 11 is 0. The molecule has 0 bridgehead atoms. The summed E-state index contributed by atoms with van der Waals surface area (Å²) in [5.41, 5.74) is 1.67. The number of aliphatic hydroxyl groups excluding tert-OH is 1. The van der Waals surface area contributed by atoms with Gasteiger partial charge < -0.3 is 10.4 Å². The molecule has 6 heteroatoms. The first-order chi connectivity index (χ1) is 10.6. The van der Waals surface area contributed by atoms with Crippen molar-refractivity contribution < 1.29 is 10.0 Å². The van der Waals surface area contributed by atoms with Crippen LogP contribution in [0.15, 0.2) is 42.6 Å². The third-order valence-electron chi connectivity index (χ3n) is 3.45. The monoisotopic (exact) mass is 301 g/mol. The summed E-state index contributed by atoms with van der Waals surface area (Å²) in [6, 6.07) is 11.5. The molecular formula is C16H19N3O3. The van der Waals surface area contributed by atoms with E-state index in [0.29, 0.717) is 17.8 Å². The quantitative estimate of drug-likeness (QED) is 0.605. The van der Waals surface area contributed by atoms with Crippen LogP contribution in [0.2, 0.25) is 0 Å². The van der Waals surface area contributed by atoms with Crippen molar-refractivity contribution in [2.24, 2.45) is 0 Å². The fourth-order valence-electron chi connectivity index (χ4n) is 2.30. The van der Waals surface area contributed by atoms with E-state index in [1.807, 2.05) is 30.3 Å². The van der Waals surface area contributed by atoms with Gasteiger partial charge in [-0.15, -0.1) is 0 Å². The van der Waals surface area contributed by atoms with Crippen molar-refractivity contribution in [1.82, 2.24) is 4.98 Å². The third kappa shape index (κ3) is 4.02. The van der Waals surface area contributed by atoms with E-state index >= 15 is 0 Å². The Balaban J connectivity index is 2.20. The number of hydrogen-bond donors (Lipinski definition) is 2. The molecule has 0 amide bonds. The van der Waals surface area contributed by atoms with E-state index in [4.69, 9.17) is 5.11 Å². The van der Waals surface area contributed by atoms with Gasteiger partial charge >= 0.3 is 0 Å². The molecule has 0 aliphatic carbocycles. The van der Waals surface area contributed by atoms with Crippen LogP contribution in [0.4, 0.5) is 11.5 Å². The Morgan fingerprint density at radius 3 is 2.68 bits per heavy atom. The van der Waals surface area contributed by atoms with Gasteiger partial charge in [0.25, 0.3) is 5.69 Å².